The zero-order chi connectivity index (χ0) is 13.1. The van der Waals surface area contributed by atoms with E-state index in [1.54, 1.807) is 0 Å². The van der Waals surface area contributed by atoms with Crippen molar-refractivity contribution in [1.29, 1.82) is 5.26 Å². The van der Waals surface area contributed by atoms with Gasteiger partial charge in [0.15, 0.2) is 0 Å². The molecule has 0 saturated heterocycles. The Morgan fingerprint density at radius 3 is 2.56 bits per heavy atom. The SMILES string of the molecule is N#Cc1ccc(-c2cnc(Cl)nc2)c([N+](=O)[O-])c1. The largest absolute Gasteiger partial charge is 0.278 e. The molecule has 0 saturated carbocycles. The normalized spacial score (nSPS) is 9.78. The molecular weight excluding hydrogens is 256 g/mol. The van der Waals surface area contributed by atoms with Gasteiger partial charge in [0.1, 0.15) is 0 Å². The first-order valence-electron chi connectivity index (χ1n) is 4.78. The molecule has 0 aliphatic carbocycles. The lowest BCUT2D eigenvalue weighted by Gasteiger charge is -2.02. The molecule has 0 atom stereocenters. The number of benzene rings is 1. The molecule has 6 nitrogen and oxygen atoms in total. The van der Waals surface area contributed by atoms with Crippen LogP contribution < -0.4 is 0 Å². The minimum Gasteiger partial charge on any atom is -0.258 e. The third-order valence-corrected chi connectivity index (χ3v) is 2.45. The Bertz CT molecular complexity index is 649. The number of nitro groups is 1. The van der Waals surface area contributed by atoms with Crippen molar-refractivity contribution in [2.24, 2.45) is 0 Å². The molecule has 88 valence electrons. The van der Waals surface area contributed by atoms with Crippen LogP contribution in [0.4, 0.5) is 5.69 Å². The molecule has 0 N–H and O–H groups in total. The molecule has 0 fully saturated rings. The van der Waals surface area contributed by atoms with Gasteiger partial charge in [-0.15, -0.1) is 0 Å². The lowest BCUT2D eigenvalue weighted by Crippen LogP contribution is -1.94. The lowest BCUT2D eigenvalue weighted by atomic mass is 10.0. The van der Waals surface area contributed by atoms with E-state index >= 15 is 0 Å². The number of nitro benzene ring substituents is 1. The molecule has 0 bridgehead atoms. The highest BCUT2D eigenvalue weighted by molar-refractivity contribution is 6.28. The van der Waals surface area contributed by atoms with Crippen molar-refractivity contribution in [2.75, 3.05) is 0 Å². The zero-order valence-electron chi connectivity index (χ0n) is 8.87. The molecule has 1 aromatic heterocycles. The van der Waals surface area contributed by atoms with Crippen LogP contribution in [0, 0.1) is 21.4 Å². The second-order valence-electron chi connectivity index (χ2n) is 3.34. The molecular formula is C11H5ClN4O2. The highest BCUT2D eigenvalue weighted by Crippen LogP contribution is 2.29. The molecule has 2 rings (SSSR count). The van der Waals surface area contributed by atoms with Crippen molar-refractivity contribution >= 4 is 17.3 Å². The number of hydrogen-bond donors (Lipinski definition) is 0. The fourth-order valence-electron chi connectivity index (χ4n) is 1.45. The first kappa shape index (κ1) is 12.0. The minimum atomic E-state index is -0.551. The molecule has 0 aliphatic rings. The van der Waals surface area contributed by atoms with E-state index in [2.05, 4.69) is 9.97 Å². The molecule has 0 spiro atoms. The molecule has 1 heterocycles. The van der Waals surface area contributed by atoms with Crippen molar-refractivity contribution < 1.29 is 4.92 Å². The maximum Gasteiger partial charge on any atom is 0.278 e. The van der Waals surface area contributed by atoms with Crippen LogP contribution in [-0.4, -0.2) is 14.9 Å². The van der Waals surface area contributed by atoms with E-state index in [1.807, 2.05) is 6.07 Å². The Labute approximate surface area is 107 Å². The van der Waals surface area contributed by atoms with Crippen molar-refractivity contribution in [3.05, 3.63) is 51.6 Å². The summed E-state index contributed by atoms with van der Waals surface area (Å²) >= 11 is 5.55. The van der Waals surface area contributed by atoms with E-state index in [-0.39, 0.29) is 16.5 Å². The van der Waals surface area contributed by atoms with E-state index < -0.39 is 4.92 Å². The Balaban J connectivity index is 2.60. The van der Waals surface area contributed by atoms with Gasteiger partial charge >= 0.3 is 0 Å². The Morgan fingerprint density at radius 1 is 1.33 bits per heavy atom. The molecule has 0 amide bonds. The summed E-state index contributed by atoms with van der Waals surface area (Å²) in [4.78, 5) is 17.9. The minimum absolute atomic E-state index is 0.0649. The number of hydrogen-bond acceptors (Lipinski definition) is 5. The number of aromatic nitrogens is 2. The first-order valence-corrected chi connectivity index (χ1v) is 5.16. The predicted molar refractivity (Wildman–Crippen MR) is 63.8 cm³/mol. The van der Waals surface area contributed by atoms with Crippen molar-refractivity contribution in [3.63, 3.8) is 0 Å². The molecule has 0 unspecified atom stereocenters. The maximum atomic E-state index is 11.0. The highest BCUT2D eigenvalue weighted by atomic mass is 35.5. The van der Waals surface area contributed by atoms with Gasteiger partial charge in [0.05, 0.1) is 22.1 Å². The Kier molecular flexibility index (Phi) is 3.17. The smallest absolute Gasteiger partial charge is 0.258 e. The molecule has 7 heteroatoms. The van der Waals surface area contributed by atoms with Crippen LogP contribution in [0.3, 0.4) is 0 Å². The number of rotatable bonds is 2. The summed E-state index contributed by atoms with van der Waals surface area (Å²) in [6.45, 7) is 0. The summed E-state index contributed by atoms with van der Waals surface area (Å²) in [6, 6.07) is 6.05. The second-order valence-corrected chi connectivity index (χ2v) is 3.68. The second kappa shape index (κ2) is 4.77. The quantitative estimate of drug-likeness (QED) is 0.470. The van der Waals surface area contributed by atoms with E-state index in [0.29, 0.717) is 11.1 Å². The van der Waals surface area contributed by atoms with Crippen LogP contribution in [0.2, 0.25) is 5.28 Å². The van der Waals surface area contributed by atoms with Crippen LogP contribution in [0.5, 0.6) is 0 Å². The first-order chi connectivity index (χ1) is 8.61. The molecule has 0 aliphatic heterocycles. The third-order valence-electron chi connectivity index (χ3n) is 2.25. The summed E-state index contributed by atoms with van der Waals surface area (Å²) in [5.41, 5.74) is 0.867. The average molecular weight is 261 g/mol. The fraction of sp³-hybridized carbons (Fsp3) is 0. The topological polar surface area (TPSA) is 92.7 Å². The Morgan fingerprint density at radius 2 is 2.00 bits per heavy atom. The van der Waals surface area contributed by atoms with E-state index in [4.69, 9.17) is 16.9 Å². The van der Waals surface area contributed by atoms with E-state index in [9.17, 15) is 10.1 Å². The van der Waals surface area contributed by atoms with Crippen molar-refractivity contribution in [3.8, 4) is 17.2 Å². The van der Waals surface area contributed by atoms with E-state index in [0.717, 1.165) is 0 Å². The summed E-state index contributed by atoms with van der Waals surface area (Å²) in [7, 11) is 0. The number of halogens is 1. The Hall–Kier alpha value is -2.52. The monoisotopic (exact) mass is 260 g/mol. The summed E-state index contributed by atoms with van der Waals surface area (Å²) < 4.78 is 0. The van der Waals surface area contributed by atoms with Crippen LogP contribution >= 0.6 is 11.6 Å². The third kappa shape index (κ3) is 2.26. The predicted octanol–water partition coefficient (Wildman–Crippen LogP) is 2.58. The maximum absolute atomic E-state index is 11.0. The molecule has 18 heavy (non-hydrogen) atoms. The van der Waals surface area contributed by atoms with Crippen LogP contribution in [0.25, 0.3) is 11.1 Å². The molecule has 0 radical (unpaired) electrons. The zero-order valence-corrected chi connectivity index (χ0v) is 9.63. The van der Waals surface area contributed by atoms with Gasteiger partial charge in [0.25, 0.3) is 5.69 Å². The van der Waals surface area contributed by atoms with Gasteiger partial charge in [-0.2, -0.15) is 5.26 Å². The highest BCUT2D eigenvalue weighted by Gasteiger charge is 2.16. The summed E-state index contributed by atoms with van der Waals surface area (Å²) in [6.07, 6.45) is 2.79. The van der Waals surface area contributed by atoms with Gasteiger partial charge in [-0.1, -0.05) is 0 Å². The van der Waals surface area contributed by atoms with Gasteiger partial charge in [-0.05, 0) is 23.7 Å². The van der Waals surface area contributed by atoms with Crippen molar-refractivity contribution in [1.82, 2.24) is 9.97 Å². The van der Waals surface area contributed by atoms with Crippen molar-refractivity contribution in [2.45, 2.75) is 0 Å². The summed E-state index contributed by atoms with van der Waals surface area (Å²) in [5, 5.41) is 19.8. The number of nitrogens with zero attached hydrogens (tertiary/aromatic N) is 4. The van der Waals surface area contributed by atoms with Crippen LogP contribution in [0.15, 0.2) is 30.6 Å². The standard InChI is InChI=1S/C11H5ClN4O2/c12-11-14-5-8(6-15-11)9-2-1-7(4-13)3-10(9)16(17)18/h1-3,5-6H. The van der Waals surface area contributed by atoms with Gasteiger partial charge in [-0.3, -0.25) is 10.1 Å². The fourth-order valence-corrected chi connectivity index (χ4v) is 1.55. The van der Waals surface area contributed by atoms with Gasteiger partial charge in [0, 0.05) is 24.0 Å². The summed E-state index contributed by atoms with van der Waals surface area (Å²) in [5.74, 6) is 0. The van der Waals surface area contributed by atoms with Gasteiger partial charge < -0.3 is 0 Å². The number of nitriles is 1. The molecule has 1 aromatic carbocycles. The van der Waals surface area contributed by atoms with Crippen LogP contribution in [-0.2, 0) is 0 Å². The van der Waals surface area contributed by atoms with Gasteiger partial charge in [0.2, 0.25) is 5.28 Å². The van der Waals surface area contributed by atoms with Gasteiger partial charge in [-0.25, -0.2) is 9.97 Å². The molecule has 2 aromatic rings. The lowest BCUT2D eigenvalue weighted by molar-refractivity contribution is -0.384. The van der Waals surface area contributed by atoms with Crippen LogP contribution in [0.1, 0.15) is 5.56 Å². The average Bonchev–Trinajstić information content (AvgIpc) is 2.39. The van der Waals surface area contributed by atoms with E-state index in [1.165, 1.54) is 30.6 Å².